The highest BCUT2D eigenvalue weighted by molar-refractivity contribution is 5.92. The standard InChI is InChI=1S/C20H27N3O/c1-6-15(2)23(14-18-10-8-7-9-11-18)20(24)13-12-19-16(3)21-22(5)17(19)4/h7-13,15H,6,14H2,1-5H3/b13-12+. The Kier molecular flexibility index (Phi) is 5.96. The largest absolute Gasteiger partial charge is 0.332 e. The van der Waals surface area contributed by atoms with Crippen LogP contribution in [0.25, 0.3) is 6.08 Å². The molecular weight excluding hydrogens is 298 g/mol. The fraction of sp³-hybridized carbons (Fsp3) is 0.400. The lowest BCUT2D eigenvalue weighted by Crippen LogP contribution is -2.36. The third-order valence-corrected chi connectivity index (χ3v) is 4.56. The van der Waals surface area contributed by atoms with E-state index in [1.54, 1.807) is 6.08 Å². The van der Waals surface area contributed by atoms with Gasteiger partial charge in [-0.3, -0.25) is 9.48 Å². The normalized spacial score (nSPS) is 12.5. The summed E-state index contributed by atoms with van der Waals surface area (Å²) in [5.41, 5.74) is 4.18. The van der Waals surface area contributed by atoms with E-state index in [1.807, 2.05) is 54.8 Å². The van der Waals surface area contributed by atoms with Crippen molar-refractivity contribution in [1.82, 2.24) is 14.7 Å². The molecule has 0 fully saturated rings. The van der Waals surface area contributed by atoms with Crippen molar-refractivity contribution in [3.05, 3.63) is 58.9 Å². The molecule has 4 nitrogen and oxygen atoms in total. The van der Waals surface area contributed by atoms with Crippen LogP contribution in [0.4, 0.5) is 0 Å². The minimum Gasteiger partial charge on any atom is -0.332 e. The predicted molar refractivity (Wildman–Crippen MR) is 98.5 cm³/mol. The number of aryl methyl sites for hydroxylation is 2. The first-order chi connectivity index (χ1) is 11.4. The second-order valence-corrected chi connectivity index (χ2v) is 6.25. The van der Waals surface area contributed by atoms with Crippen molar-refractivity contribution in [1.29, 1.82) is 0 Å². The van der Waals surface area contributed by atoms with E-state index in [4.69, 9.17) is 0 Å². The smallest absolute Gasteiger partial charge is 0.247 e. The molecule has 1 aromatic heterocycles. The van der Waals surface area contributed by atoms with Gasteiger partial charge in [-0.2, -0.15) is 5.10 Å². The number of carbonyl (C=O) groups excluding carboxylic acids is 1. The third kappa shape index (κ3) is 4.13. The molecular formula is C20H27N3O. The van der Waals surface area contributed by atoms with Crippen molar-refractivity contribution in [2.24, 2.45) is 7.05 Å². The summed E-state index contributed by atoms with van der Waals surface area (Å²) in [5, 5.41) is 4.39. The van der Waals surface area contributed by atoms with Crippen LogP contribution in [0.2, 0.25) is 0 Å². The van der Waals surface area contributed by atoms with Gasteiger partial charge in [0.1, 0.15) is 0 Å². The van der Waals surface area contributed by atoms with E-state index < -0.39 is 0 Å². The third-order valence-electron chi connectivity index (χ3n) is 4.56. The van der Waals surface area contributed by atoms with Crippen molar-refractivity contribution in [3.63, 3.8) is 0 Å². The van der Waals surface area contributed by atoms with Crippen LogP contribution in [-0.2, 0) is 18.4 Å². The zero-order chi connectivity index (χ0) is 17.7. The molecule has 128 valence electrons. The fourth-order valence-electron chi connectivity index (χ4n) is 2.73. The van der Waals surface area contributed by atoms with Crippen LogP contribution in [0.5, 0.6) is 0 Å². The molecule has 1 aromatic carbocycles. The van der Waals surface area contributed by atoms with Crippen LogP contribution in [-0.4, -0.2) is 26.6 Å². The molecule has 0 aliphatic heterocycles. The molecule has 2 rings (SSSR count). The van der Waals surface area contributed by atoms with Gasteiger partial charge in [-0.1, -0.05) is 37.3 Å². The van der Waals surface area contributed by atoms with Crippen LogP contribution in [0.15, 0.2) is 36.4 Å². The molecule has 1 amide bonds. The van der Waals surface area contributed by atoms with E-state index in [0.29, 0.717) is 6.54 Å². The Hall–Kier alpha value is -2.36. The van der Waals surface area contributed by atoms with Crippen molar-refractivity contribution in [2.75, 3.05) is 0 Å². The minimum absolute atomic E-state index is 0.0378. The number of carbonyl (C=O) groups is 1. The van der Waals surface area contributed by atoms with Crippen molar-refractivity contribution < 1.29 is 4.79 Å². The summed E-state index contributed by atoms with van der Waals surface area (Å²) in [5.74, 6) is 0.0378. The number of benzene rings is 1. The molecule has 0 spiro atoms. The van der Waals surface area contributed by atoms with Gasteiger partial charge >= 0.3 is 0 Å². The Bertz CT molecular complexity index is 716. The molecule has 0 aliphatic carbocycles. The van der Waals surface area contributed by atoms with Gasteiger partial charge < -0.3 is 4.90 Å². The number of amides is 1. The van der Waals surface area contributed by atoms with Crippen LogP contribution in [0.1, 0.15) is 42.8 Å². The van der Waals surface area contributed by atoms with Gasteiger partial charge in [-0.15, -0.1) is 0 Å². The van der Waals surface area contributed by atoms with Gasteiger partial charge in [-0.05, 0) is 38.8 Å². The van der Waals surface area contributed by atoms with Gasteiger partial charge in [0.15, 0.2) is 0 Å². The molecule has 4 heteroatoms. The van der Waals surface area contributed by atoms with Gasteiger partial charge in [0.25, 0.3) is 0 Å². The highest BCUT2D eigenvalue weighted by Crippen LogP contribution is 2.16. The zero-order valence-electron chi connectivity index (χ0n) is 15.3. The second-order valence-electron chi connectivity index (χ2n) is 6.25. The SMILES string of the molecule is CCC(C)N(Cc1ccccc1)C(=O)/C=C/c1c(C)nn(C)c1C. The second kappa shape index (κ2) is 7.95. The number of hydrogen-bond acceptors (Lipinski definition) is 2. The van der Waals surface area contributed by atoms with E-state index in [2.05, 4.69) is 31.1 Å². The average molecular weight is 325 g/mol. The van der Waals surface area contributed by atoms with E-state index in [-0.39, 0.29) is 11.9 Å². The fourth-order valence-corrected chi connectivity index (χ4v) is 2.73. The lowest BCUT2D eigenvalue weighted by molar-refractivity contribution is -0.128. The molecule has 0 saturated carbocycles. The first-order valence-electron chi connectivity index (χ1n) is 8.46. The van der Waals surface area contributed by atoms with E-state index in [1.165, 1.54) is 0 Å². The van der Waals surface area contributed by atoms with E-state index >= 15 is 0 Å². The molecule has 2 aromatic rings. The monoisotopic (exact) mass is 325 g/mol. The van der Waals surface area contributed by atoms with Crippen molar-refractivity contribution >= 4 is 12.0 Å². The summed E-state index contributed by atoms with van der Waals surface area (Å²) in [4.78, 5) is 14.7. The Morgan fingerprint density at radius 1 is 1.29 bits per heavy atom. The molecule has 1 unspecified atom stereocenters. The van der Waals surface area contributed by atoms with Crippen LogP contribution in [0, 0.1) is 13.8 Å². The molecule has 0 bridgehead atoms. The topological polar surface area (TPSA) is 38.1 Å². The first kappa shape index (κ1) is 18.0. The zero-order valence-corrected chi connectivity index (χ0v) is 15.3. The molecule has 0 N–H and O–H groups in total. The average Bonchev–Trinajstić information content (AvgIpc) is 2.83. The maximum absolute atomic E-state index is 12.8. The molecule has 0 radical (unpaired) electrons. The van der Waals surface area contributed by atoms with Crippen LogP contribution < -0.4 is 0 Å². The molecule has 0 aliphatic rings. The summed E-state index contributed by atoms with van der Waals surface area (Å²) in [6.07, 6.45) is 4.49. The maximum atomic E-state index is 12.8. The first-order valence-corrected chi connectivity index (χ1v) is 8.46. The van der Waals surface area contributed by atoms with Gasteiger partial charge in [0.2, 0.25) is 5.91 Å². The molecule has 0 saturated heterocycles. The van der Waals surface area contributed by atoms with Gasteiger partial charge in [0, 0.05) is 37.0 Å². The molecule has 1 heterocycles. The van der Waals surface area contributed by atoms with E-state index in [0.717, 1.165) is 28.9 Å². The summed E-state index contributed by atoms with van der Waals surface area (Å²) in [6.45, 7) is 8.81. The quantitative estimate of drug-likeness (QED) is 0.756. The Balaban J connectivity index is 2.20. The number of hydrogen-bond donors (Lipinski definition) is 0. The van der Waals surface area contributed by atoms with Crippen LogP contribution in [0.3, 0.4) is 0 Å². The summed E-state index contributed by atoms with van der Waals surface area (Å²) in [6, 6.07) is 10.3. The van der Waals surface area contributed by atoms with E-state index in [9.17, 15) is 4.79 Å². The molecule has 1 atom stereocenters. The summed E-state index contributed by atoms with van der Waals surface area (Å²) in [7, 11) is 1.92. The lowest BCUT2D eigenvalue weighted by Gasteiger charge is -2.27. The minimum atomic E-state index is 0.0378. The highest BCUT2D eigenvalue weighted by atomic mass is 16.2. The number of aromatic nitrogens is 2. The maximum Gasteiger partial charge on any atom is 0.247 e. The molecule has 24 heavy (non-hydrogen) atoms. The van der Waals surface area contributed by atoms with Gasteiger partial charge in [-0.25, -0.2) is 0 Å². The predicted octanol–water partition coefficient (Wildman–Crippen LogP) is 3.88. The highest BCUT2D eigenvalue weighted by Gasteiger charge is 2.17. The summed E-state index contributed by atoms with van der Waals surface area (Å²) >= 11 is 0. The van der Waals surface area contributed by atoms with Crippen LogP contribution >= 0.6 is 0 Å². The Morgan fingerprint density at radius 2 is 1.96 bits per heavy atom. The number of rotatable bonds is 6. The van der Waals surface area contributed by atoms with Gasteiger partial charge in [0.05, 0.1) is 5.69 Å². The summed E-state index contributed by atoms with van der Waals surface area (Å²) < 4.78 is 1.84. The lowest BCUT2D eigenvalue weighted by atomic mass is 10.1. The Labute approximate surface area is 144 Å². The van der Waals surface area contributed by atoms with Crippen molar-refractivity contribution in [3.8, 4) is 0 Å². The Morgan fingerprint density at radius 3 is 2.50 bits per heavy atom. The van der Waals surface area contributed by atoms with Crippen molar-refractivity contribution in [2.45, 2.75) is 46.7 Å². The number of nitrogens with zero attached hydrogens (tertiary/aromatic N) is 3.